The van der Waals surface area contributed by atoms with Crippen LogP contribution in [0.15, 0.2) is 35.3 Å². The number of carboxylic acid groups (broad SMARTS) is 1. The van der Waals surface area contributed by atoms with Gasteiger partial charge in [-0.1, -0.05) is 22.0 Å². The Balaban J connectivity index is 2.42. The average Bonchev–Trinajstić information content (AvgIpc) is 2.33. The van der Waals surface area contributed by atoms with Crippen molar-refractivity contribution in [2.45, 2.75) is 6.42 Å². The van der Waals surface area contributed by atoms with Crippen molar-refractivity contribution in [1.29, 1.82) is 0 Å². The van der Waals surface area contributed by atoms with Gasteiger partial charge in [-0.3, -0.25) is 0 Å². The van der Waals surface area contributed by atoms with E-state index in [1.54, 1.807) is 18.2 Å². The van der Waals surface area contributed by atoms with Gasteiger partial charge in [0.05, 0.1) is 18.8 Å². The molecule has 0 bridgehead atoms. The highest BCUT2D eigenvalue weighted by Crippen LogP contribution is 2.19. The molecule has 1 aromatic carbocycles. The zero-order chi connectivity index (χ0) is 13.4. The summed E-state index contributed by atoms with van der Waals surface area (Å²) in [5.74, 6) is -0.943. The van der Waals surface area contributed by atoms with E-state index in [-0.39, 0.29) is 5.56 Å². The van der Waals surface area contributed by atoms with Crippen LogP contribution in [0, 0.1) is 0 Å². The molecule has 0 saturated heterocycles. The molecule has 1 rings (SSSR count). The fraction of sp³-hybridized carbons (Fsp3) is 0.308. The van der Waals surface area contributed by atoms with Crippen LogP contribution >= 0.6 is 15.9 Å². The number of hydrogen-bond donors (Lipinski definition) is 2. The Morgan fingerprint density at radius 2 is 2.22 bits per heavy atom. The van der Waals surface area contributed by atoms with Gasteiger partial charge in [-0.15, -0.1) is 6.58 Å². The minimum atomic E-state index is -0.943. The number of benzene rings is 1. The van der Waals surface area contributed by atoms with Gasteiger partial charge in [-0.05, 0) is 24.6 Å². The fourth-order valence-corrected chi connectivity index (χ4v) is 1.84. The zero-order valence-electron chi connectivity index (χ0n) is 9.99. The molecule has 98 valence electrons. The molecule has 2 N–H and O–H groups in total. The van der Waals surface area contributed by atoms with Gasteiger partial charge in [-0.25, -0.2) is 4.79 Å². The van der Waals surface area contributed by atoms with Crippen LogP contribution in [-0.4, -0.2) is 30.8 Å². The highest BCUT2D eigenvalue weighted by atomic mass is 79.9. The number of carboxylic acids is 1. The summed E-state index contributed by atoms with van der Waals surface area (Å²) < 4.78 is 6.08. The number of halogens is 1. The van der Waals surface area contributed by atoms with Crippen molar-refractivity contribution in [3.63, 3.8) is 0 Å². The van der Waals surface area contributed by atoms with Crippen LogP contribution in [0.2, 0.25) is 0 Å². The largest absolute Gasteiger partial charge is 0.478 e. The first kappa shape index (κ1) is 14.7. The number of nitrogens with one attached hydrogen (secondary N) is 1. The highest BCUT2D eigenvalue weighted by Gasteiger charge is 2.05. The molecule has 0 radical (unpaired) electrons. The Bertz CT molecular complexity index is 421. The molecule has 0 saturated carbocycles. The molecule has 0 spiro atoms. The summed E-state index contributed by atoms with van der Waals surface area (Å²) in [4.78, 5) is 10.9. The van der Waals surface area contributed by atoms with E-state index in [0.29, 0.717) is 19.8 Å². The molecule has 0 aliphatic rings. The van der Waals surface area contributed by atoms with Gasteiger partial charge in [0.2, 0.25) is 0 Å². The van der Waals surface area contributed by atoms with Crippen molar-refractivity contribution >= 4 is 27.6 Å². The van der Waals surface area contributed by atoms with E-state index in [2.05, 4.69) is 27.8 Å². The van der Waals surface area contributed by atoms with Gasteiger partial charge in [0.1, 0.15) is 0 Å². The van der Waals surface area contributed by atoms with Crippen molar-refractivity contribution in [1.82, 2.24) is 0 Å². The van der Waals surface area contributed by atoms with Crippen LogP contribution in [0.3, 0.4) is 0 Å². The first-order valence-corrected chi connectivity index (χ1v) is 6.39. The second-order valence-corrected chi connectivity index (χ2v) is 4.57. The lowest BCUT2D eigenvalue weighted by molar-refractivity contribution is 0.0697. The minimum Gasteiger partial charge on any atom is -0.478 e. The summed E-state index contributed by atoms with van der Waals surface area (Å²) in [6.45, 7) is 5.47. The second-order valence-electron chi connectivity index (χ2n) is 3.65. The third kappa shape index (κ3) is 5.33. The van der Waals surface area contributed by atoms with E-state index >= 15 is 0 Å². The predicted molar refractivity (Wildman–Crippen MR) is 75.2 cm³/mol. The maximum absolute atomic E-state index is 10.9. The van der Waals surface area contributed by atoms with E-state index in [1.165, 1.54) is 0 Å². The Hall–Kier alpha value is -1.33. The van der Waals surface area contributed by atoms with Crippen molar-refractivity contribution in [3.8, 4) is 0 Å². The van der Waals surface area contributed by atoms with Crippen LogP contribution in [0.4, 0.5) is 5.69 Å². The Labute approximate surface area is 115 Å². The molecule has 0 aliphatic carbocycles. The van der Waals surface area contributed by atoms with Crippen molar-refractivity contribution in [3.05, 3.63) is 40.9 Å². The number of ether oxygens (including phenoxy) is 1. The monoisotopic (exact) mass is 313 g/mol. The van der Waals surface area contributed by atoms with Gasteiger partial charge < -0.3 is 15.2 Å². The molecule has 4 nitrogen and oxygen atoms in total. The normalized spacial score (nSPS) is 10.1. The quantitative estimate of drug-likeness (QED) is 0.572. The Morgan fingerprint density at radius 3 is 2.89 bits per heavy atom. The van der Waals surface area contributed by atoms with Gasteiger partial charge in [0, 0.05) is 16.7 Å². The van der Waals surface area contributed by atoms with Gasteiger partial charge in [0.15, 0.2) is 0 Å². The molecule has 0 aliphatic heterocycles. The maximum Gasteiger partial charge on any atom is 0.335 e. The molecule has 0 unspecified atom stereocenters. The van der Waals surface area contributed by atoms with Crippen molar-refractivity contribution < 1.29 is 14.6 Å². The molecule has 0 atom stereocenters. The molecule has 0 fully saturated rings. The highest BCUT2D eigenvalue weighted by molar-refractivity contribution is 9.10. The van der Waals surface area contributed by atoms with Crippen LogP contribution in [0.5, 0.6) is 0 Å². The second kappa shape index (κ2) is 7.89. The van der Waals surface area contributed by atoms with E-state index in [4.69, 9.17) is 9.84 Å². The van der Waals surface area contributed by atoms with Gasteiger partial charge >= 0.3 is 5.97 Å². The van der Waals surface area contributed by atoms with Crippen LogP contribution in [0.1, 0.15) is 16.8 Å². The SMILES string of the molecule is C=CCCOCCNc1cc(Br)cc(C(=O)O)c1. The zero-order valence-corrected chi connectivity index (χ0v) is 11.6. The summed E-state index contributed by atoms with van der Waals surface area (Å²) >= 11 is 3.28. The average molecular weight is 314 g/mol. The fourth-order valence-electron chi connectivity index (χ4n) is 1.35. The Morgan fingerprint density at radius 1 is 1.44 bits per heavy atom. The van der Waals surface area contributed by atoms with Gasteiger partial charge in [-0.2, -0.15) is 0 Å². The van der Waals surface area contributed by atoms with Crippen molar-refractivity contribution in [2.75, 3.05) is 25.1 Å². The summed E-state index contributed by atoms with van der Waals surface area (Å²) in [6.07, 6.45) is 2.64. The summed E-state index contributed by atoms with van der Waals surface area (Å²) in [7, 11) is 0. The lowest BCUT2D eigenvalue weighted by Gasteiger charge is -2.08. The van der Waals surface area contributed by atoms with E-state index in [9.17, 15) is 4.79 Å². The maximum atomic E-state index is 10.9. The first-order valence-electron chi connectivity index (χ1n) is 5.60. The first-order chi connectivity index (χ1) is 8.63. The summed E-state index contributed by atoms with van der Waals surface area (Å²) in [6, 6.07) is 4.99. The van der Waals surface area contributed by atoms with Crippen molar-refractivity contribution in [2.24, 2.45) is 0 Å². The van der Waals surface area contributed by atoms with Gasteiger partial charge in [0.25, 0.3) is 0 Å². The molecular formula is C13H16BrNO3. The van der Waals surface area contributed by atoms with E-state index in [0.717, 1.165) is 16.6 Å². The molecule has 0 aromatic heterocycles. The lowest BCUT2D eigenvalue weighted by atomic mass is 10.2. The lowest BCUT2D eigenvalue weighted by Crippen LogP contribution is -2.10. The minimum absolute atomic E-state index is 0.249. The number of anilines is 1. The number of hydrogen-bond acceptors (Lipinski definition) is 3. The van der Waals surface area contributed by atoms with E-state index < -0.39 is 5.97 Å². The topological polar surface area (TPSA) is 58.6 Å². The number of aromatic carboxylic acids is 1. The standard InChI is InChI=1S/C13H16BrNO3/c1-2-3-5-18-6-4-15-12-8-10(13(16)17)7-11(14)9-12/h2,7-9,15H,1,3-6H2,(H,16,17). The molecule has 5 heteroatoms. The molecule has 18 heavy (non-hydrogen) atoms. The summed E-state index contributed by atoms with van der Waals surface area (Å²) in [5, 5.41) is 12.0. The van der Waals surface area contributed by atoms with E-state index in [1.807, 2.05) is 6.07 Å². The molecular weight excluding hydrogens is 298 g/mol. The Kier molecular flexibility index (Phi) is 6.46. The van der Waals surface area contributed by atoms with Crippen LogP contribution < -0.4 is 5.32 Å². The smallest absolute Gasteiger partial charge is 0.335 e. The number of carbonyl (C=O) groups is 1. The third-order valence-electron chi connectivity index (χ3n) is 2.19. The molecule has 0 heterocycles. The number of rotatable bonds is 8. The third-order valence-corrected chi connectivity index (χ3v) is 2.64. The van der Waals surface area contributed by atoms with Crippen LogP contribution in [-0.2, 0) is 4.74 Å². The van der Waals surface area contributed by atoms with Crippen LogP contribution in [0.25, 0.3) is 0 Å². The molecule has 1 aromatic rings. The molecule has 0 amide bonds. The predicted octanol–water partition coefficient (Wildman–Crippen LogP) is 3.15. The summed E-state index contributed by atoms with van der Waals surface area (Å²) in [5.41, 5.74) is 1.01.